The van der Waals surface area contributed by atoms with E-state index in [1.54, 1.807) is 49.4 Å². The molecule has 0 fully saturated rings. The first-order valence-electron chi connectivity index (χ1n) is 10.8. The van der Waals surface area contributed by atoms with Crippen LogP contribution in [0.3, 0.4) is 0 Å². The van der Waals surface area contributed by atoms with Gasteiger partial charge >= 0.3 is 0 Å². The lowest BCUT2D eigenvalue weighted by Crippen LogP contribution is -2.34. The molecule has 0 aliphatic rings. The van der Waals surface area contributed by atoms with E-state index in [4.69, 9.17) is 11.6 Å². The smallest absolute Gasteiger partial charge is 0.278 e. The lowest BCUT2D eigenvalue weighted by molar-refractivity contribution is -0.116. The minimum atomic E-state index is -3.98. The van der Waals surface area contributed by atoms with Crippen molar-refractivity contribution >= 4 is 50.3 Å². The van der Waals surface area contributed by atoms with Gasteiger partial charge in [0.2, 0.25) is 5.91 Å². The van der Waals surface area contributed by atoms with E-state index in [-0.39, 0.29) is 33.4 Å². The number of carbonyl (C=O) groups is 2. The lowest BCUT2D eigenvalue weighted by Gasteiger charge is -2.18. The second-order valence-electron chi connectivity index (χ2n) is 7.86. The molecule has 3 aromatic carbocycles. The zero-order valence-electron chi connectivity index (χ0n) is 19.4. The number of aryl methyl sites for hydroxylation is 1. The van der Waals surface area contributed by atoms with Gasteiger partial charge in [0, 0.05) is 11.6 Å². The minimum absolute atomic E-state index is 0.00252. The first-order chi connectivity index (χ1) is 17.1. The first-order valence-corrected chi connectivity index (χ1v) is 12.7. The standard InChI is InChI=1S/C25H24ClN3O6S/c1-3-22(36(34,35)17-11-9-15(2)10-12-17)24(31)27-19-14-21(30)20(13-18(19)26)28-25(32)23(29-33)16-7-5-4-6-8-16/h4-14,22,30,33H,3H2,1-2H3,(H,27,31)(H,28,32). The van der Waals surface area contributed by atoms with E-state index in [9.17, 15) is 28.3 Å². The molecule has 2 amide bonds. The third kappa shape index (κ3) is 5.84. The van der Waals surface area contributed by atoms with Gasteiger partial charge in [-0.15, -0.1) is 0 Å². The normalized spacial score (nSPS) is 12.6. The van der Waals surface area contributed by atoms with Gasteiger partial charge in [-0.1, -0.05) is 71.7 Å². The van der Waals surface area contributed by atoms with Gasteiger partial charge in [-0.2, -0.15) is 0 Å². The number of sulfone groups is 1. The maximum atomic E-state index is 13.0. The number of nitrogens with zero attached hydrogens (tertiary/aromatic N) is 1. The number of hydrogen-bond acceptors (Lipinski definition) is 7. The molecule has 0 aliphatic heterocycles. The molecule has 188 valence electrons. The van der Waals surface area contributed by atoms with Crippen LogP contribution in [0.25, 0.3) is 0 Å². The van der Waals surface area contributed by atoms with Crippen molar-refractivity contribution in [3.8, 4) is 5.75 Å². The summed E-state index contributed by atoms with van der Waals surface area (Å²) in [7, 11) is -3.98. The van der Waals surface area contributed by atoms with E-state index < -0.39 is 32.7 Å². The van der Waals surface area contributed by atoms with Crippen molar-refractivity contribution in [3.63, 3.8) is 0 Å². The zero-order chi connectivity index (χ0) is 26.5. The maximum absolute atomic E-state index is 13.0. The van der Waals surface area contributed by atoms with E-state index >= 15 is 0 Å². The topological polar surface area (TPSA) is 145 Å². The lowest BCUT2D eigenvalue weighted by atomic mass is 10.1. The number of oxime groups is 1. The Morgan fingerprint density at radius 1 is 1.00 bits per heavy atom. The second kappa shape index (κ2) is 11.2. The van der Waals surface area contributed by atoms with E-state index in [1.165, 1.54) is 18.2 Å². The summed E-state index contributed by atoms with van der Waals surface area (Å²) in [5.74, 6) is -2.10. The van der Waals surface area contributed by atoms with Crippen molar-refractivity contribution in [1.29, 1.82) is 0 Å². The molecule has 3 rings (SSSR count). The fourth-order valence-corrected chi connectivity index (χ4v) is 5.26. The molecule has 9 nitrogen and oxygen atoms in total. The predicted octanol–water partition coefficient (Wildman–Crippen LogP) is 4.36. The quantitative estimate of drug-likeness (QED) is 0.148. The van der Waals surface area contributed by atoms with E-state index in [2.05, 4.69) is 15.8 Å². The fraction of sp³-hybridized carbons (Fsp3) is 0.160. The van der Waals surface area contributed by atoms with Gasteiger partial charge in [-0.3, -0.25) is 9.59 Å². The number of anilines is 2. The number of halogens is 1. The van der Waals surface area contributed by atoms with Crippen molar-refractivity contribution in [2.45, 2.75) is 30.4 Å². The number of benzene rings is 3. The molecule has 1 unspecified atom stereocenters. The molecule has 0 heterocycles. The highest BCUT2D eigenvalue weighted by atomic mass is 35.5. The highest BCUT2D eigenvalue weighted by molar-refractivity contribution is 7.92. The summed E-state index contributed by atoms with van der Waals surface area (Å²) in [4.78, 5) is 25.5. The molecule has 0 saturated carbocycles. The Kier molecular flexibility index (Phi) is 8.33. The van der Waals surface area contributed by atoms with Gasteiger partial charge in [0.15, 0.2) is 15.5 Å². The Bertz CT molecular complexity index is 1410. The highest BCUT2D eigenvalue weighted by Crippen LogP contribution is 2.34. The molecule has 0 bridgehead atoms. The van der Waals surface area contributed by atoms with Crippen LogP contribution in [0.1, 0.15) is 24.5 Å². The molecule has 0 spiro atoms. The summed E-state index contributed by atoms with van der Waals surface area (Å²) in [5.41, 5.74) is 0.762. The van der Waals surface area contributed by atoms with Crippen molar-refractivity contribution in [2.75, 3.05) is 10.6 Å². The maximum Gasteiger partial charge on any atom is 0.278 e. The third-order valence-electron chi connectivity index (χ3n) is 5.34. The van der Waals surface area contributed by atoms with E-state index in [0.29, 0.717) is 5.56 Å². The van der Waals surface area contributed by atoms with Gasteiger partial charge in [-0.05, 0) is 31.5 Å². The van der Waals surface area contributed by atoms with Crippen molar-refractivity contribution in [3.05, 3.63) is 82.9 Å². The van der Waals surface area contributed by atoms with Crippen LogP contribution in [0.2, 0.25) is 5.02 Å². The zero-order valence-corrected chi connectivity index (χ0v) is 21.0. The molecular weight excluding hydrogens is 506 g/mol. The monoisotopic (exact) mass is 529 g/mol. The van der Waals surface area contributed by atoms with E-state index in [1.807, 2.05) is 6.92 Å². The number of phenolic OH excluding ortho intramolecular Hbond substituents is 1. The molecule has 0 saturated heterocycles. The van der Waals surface area contributed by atoms with Crippen LogP contribution >= 0.6 is 11.6 Å². The second-order valence-corrected chi connectivity index (χ2v) is 10.4. The van der Waals surface area contributed by atoms with Crippen molar-refractivity contribution < 1.29 is 28.3 Å². The molecule has 0 aliphatic carbocycles. The number of amides is 2. The Morgan fingerprint density at radius 2 is 1.64 bits per heavy atom. The van der Waals surface area contributed by atoms with Gasteiger partial charge in [0.25, 0.3) is 5.91 Å². The van der Waals surface area contributed by atoms with Crippen LogP contribution in [0.5, 0.6) is 5.75 Å². The average Bonchev–Trinajstić information content (AvgIpc) is 2.84. The number of carbonyl (C=O) groups excluding carboxylic acids is 2. The number of phenols is 1. The van der Waals surface area contributed by atoms with Gasteiger partial charge < -0.3 is 20.9 Å². The molecule has 36 heavy (non-hydrogen) atoms. The Labute approximate surface area is 213 Å². The average molecular weight is 530 g/mol. The summed E-state index contributed by atoms with van der Waals surface area (Å²) >= 11 is 6.25. The van der Waals surface area contributed by atoms with Crippen molar-refractivity contribution in [1.82, 2.24) is 0 Å². The van der Waals surface area contributed by atoms with Crippen LogP contribution in [0.15, 0.2) is 76.8 Å². The number of nitrogens with one attached hydrogen (secondary N) is 2. The Hall–Kier alpha value is -3.89. The van der Waals surface area contributed by atoms with E-state index in [0.717, 1.165) is 11.6 Å². The minimum Gasteiger partial charge on any atom is -0.506 e. The molecule has 0 aromatic heterocycles. The van der Waals surface area contributed by atoms with Crippen LogP contribution in [-0.4, -0.2) is 41.5 Å². The van der Waals surface area contributed by atoms with Gasteiger partial charge in [-0.25, -0.2) is 8.42 Å². The number of rotatable bonds is 8. The summed E-state index contributed by atoms with van der Waals surface area (Å²) in [6, 6.07) is 16.6. The SMILES string of the molecule is CCC(C(=O)Nc1cc(O)c(NC(=O)C(=NO)c2ccccc2)cc1Cl)S(=O)(=O)c1ccc(C)cc1. The first kappa shape index (κ1) is 26.7. The van der Waals surface area contributed by atoms with Gasteiger partial charge in [0.1, 0.15) is 11.0 Å². The van der Waals surface area contributed by atoms with Crippen LogP contribution in [0, 0.1) is 6.92 Å². The van der Waals surface area contributed by atoms with Crippen LogP contribution in [-0.2, 0) is 19.4 Å². The molecule has 0 radical (unpaired) electrons. The Balaban J connectivity index is 1.81. The van der Waals surface area contributed by atoms with Crippen molar-refractivity contribution in [2.24, 2.45) is 5.16 Å². The third-order valence-corrected chi connectivity index (χ3v) is 7.88. The summed E-state index contributed by atoms with van der Waals surface area (Å²) < 4.78 is 26.0. The molecule has 4 N–H and O–H groups in total. The van der Waals surface area contributed by atoms with Crippen LogP contribution in [0.4, 0.5) is 11.4 Å². The summed E-state index contributed by atoms with van der Waals surface area (Å²) in [6.45, 7) is 3.39. The van der Waals surface area contributed by atoms with Gasteiger partial charge in [0.05, 0.1) is 21.3 Å². The summed E-state index contributed by atoms with van der Waals surface area (Å²) in [5, 5.41) is 26.1. The largest absolute Gasteiger partial charge is 0.506 e. The van der Waals surface area contributed by atoms with Crippen LogP contribution < -0.4 is 10.6 Å². The molecule has 1 atom stereocenters. The fourth-order valence-electron chi connectivity index (χ4n) is 3.42. The summed E-state index contributed by atoms with van der Waals surface area (Å²) in [6.07, 6.45) is 0.00252. The molecule has 3 aromatic rings. The molecule has 11 heteroatoms. The predicted molar refractivity (Wildman–Crippen MR) is 138 cm³/mol. The molecular formula is C25H24ClN3O6S. The highest BCUT2D eigenvalue weighted by Gasteiger charge is 2.33. The number of aromatic hydroxyl groups is 1. The Morgan fingerprint density at radius 3 is 2.22 bits per heavy atom. The number of hydrogen-bond donors (Lipinski definition) is 4.